The van der Waals surface area contributed by atoms with E-state index in [0.29, 0.717) is 9.21 Å². The van der Waals surface area contributed by atoms with Crippen molar-refractivity contribution in [3.8, 4) is 0 Å². The minimum absolute atomic E-state index is 0.0851. The summed E-state index contributed by atoms with van der Waals surface area (Å²) in [5.74, 6) is 0.0851. The van der Waals surface area contributed by atoms with Gasteiger partial charge in [0, 0.05) is 0 Å². The van der Waals surface area contributed by atoms with Crippen LogP contribution in [0, 0.1) is 0 Å². The largest absolute Gasteiger partial charge is 0.292 e. The van der Waals surface area contributed by atoms with Crippen molar-refractivity contribution in [1.82, 2.24) is 0 Å². The summed E-state index contributed by atoms with van der Waals surface area (Å²) in [7, 11) is 0. The monoisotopic (exact) mass is 282 g/mol. The lowest BCUT2D eigenvalue weighted by molar-refractivity contribution is 0.0999. The fraction of sp³-hybridized carbons (Fsp3) is 0.444. The van der Waals surface area contributed by atoms with E-state index >= 15 is 0 Å². The van der Waals surface area contributed by atoms with E-state index in [9.17, 15) is 4.79 Å². The standard InChI is InChI=1S/C7H6BrClOS.C2H6/c1-4(8)7(10)5-2-3-6(9)11-5;1-2/h2-4H,1H3;1-2H3. The normalized spacial score (nSPS) is 11.5. The van der Waals surface area contributed by atoms with E-state index < -0.39 is 0 Å². The van der Waals surface area contributed by atoms with Crippen molar-refractivity contribution < 1.29 is 4.79 Å². The number of thiophene rings is 1. The summed E-state index contributed by atoms with van der Waals surface area (Å²) in [6.07, 6.45) is 0. The summed E-state index contributed by atoms with van der Waals surface area (Å²) in [5, 5.41) is 0. The summed E-state index contributed by atoms with van der Waals surface area (Å²) < 4.78 is 0.654. The van der Waals surface area contributed by atoms with Crippen LogP contribution < -0.4 is 0 Å². The lowest BCUT2D eigenvalue weighted by Gasteiger charge is -1.96. The van der Waals surface area contributed by atoms with Crippen LogP contribution in [0.4, 0.5) is 0 Å². The van der Waals surface area contributed by atoms with Gasteiger partial charge in [-0.2, -0.15) is 0 Å². The molecule has 1 heterocycles. The molecule has 1 aromatic heterocycles. The molecule has 13 heavy (non-hydrogen) atoms. The molecule has 0 aliphatic heterocycles. The average molecular weight is 284 g/mol. The fourth-order valence-electron chi connectivity index (χ4n) is 0.643. The zero-order chi connectivity index (χ0) is 10.4. The number of ketones is 1. The average Bonchev–Trinajstić information content (AvgIpc) is 2.54. The Balaban J connectivity index is 0.000000671. The van der Waals surface area contributed by atoms with Crippen LogP contribution >= 0.6 is 38.9 Å². The Morgan fingerprint density at radius 1 is 1.54 bits per heavy atom. The minimum Gasteiger partial charge on any atom is -0.292 e. The molecule has 0 aliphatic rings. The predicted molar refractivity (Wildman–Crippen MR) is 63.4 cm³/mol. The Morgan fingerprint density at radius 3 is 2.38 bits per heavy atom. The molecule has 0 spiro atoms. The molecule has 0 N–H and O–H groups in total. The number of hydrogen-bond donors (Lipinski definition) is 0. The van der Waals surface area contributed by atoms with Gasteiger partial charge >= 0.3 is 0 Å². The second kappa shape index (κ2) is 6.57. The van der Waals surface area contributed by atoms with Crippen LogP contribution in [0.2, 0.25) is 4.34 Å². The molecule has 0 amide bonds. The Hall–Kier alpha value is 0.140. The Kier molecular flexibility index (Phi) is 6.64. The molecule has 0 aromatic carbocycles. The molecule has 0 aliphatic carbocycles. The molecule has 74 valence electrons. The molecule has 0 saturated carbocycles. The number of halogens is 2. The van der Waals surface area contributed by atoms with Gasteiger partial charge in [0.2, 0.25) is 0 Å². The molecular weight excluding hydrogens is 272 g/mol. The highest BCUT2D eigenvalue weighted by Crippen LogP contribution is 2.23. The number of carbonyl (C=O) groups excluding carboxylic acids is 1. The van der Waals surface area contributed by atoms with Crippen molar-refractivity contribution in [2.75, 3.05) is 0 Å². The fourth-order valence-corrected chi connectivity index (χ4v) is 2.11. The van der Waals surface area contributed by atoms with E-state index in [1.54, 1.807) is 19.1 Å². The van der Waals surface area contributed by atoms with Gasteiger partial charge in [-0.1, -0.05) is 41.4 Å². The molecular formula is C9H12BrClOS. The number of carbonyl (C=O) groups is 1. The van der Waals surface area contributed by atoms with Crippen LogP contribution in [0.15, 0.2) is 12.1 Å². The van der Waals surface area contributed by atoms with E-state index in [1.165, 1.54) is 11.3 Å². The molecule has 0 bridgehead atoms. The minimum atomic E-state index is -0.128. The zero-order valence-electron chi connectivity index (χ0n) is 7.80. The first-order valence-electron chi connectivity index (χ1n) is 4.05. The van der Waals surface area contributed by atoms with Crippen molar-refractivity contribution in [2.45, 2.75) is 25.6 Å². The van der Waals surface area contributed by atoms with E-state index in [0.717, 1.165) is 0 Å². The van der Waals surface area contributed by atoms with Crippen LogP contribution in [-0.2, 0) is 0 Å². The maximum Gasteiger partial charge on any atom is 0.186 e. The third-order valence-corrected chi connectivity index (χ3v) is 2.84. The van der Waals surface area contributed by atoms with Crippen LogP contribution in [0.1, 0.15) is 30.4 Å². The Morgan fingerprint density at radius 2 is 2.08 bits per heavy atom. The number of alkyl halides is 1. The lowest BCUT2D eigenvalue weighted by atomic mass is 10.3. The third-order valence-electron chi connectivity index (χ3n) is 1.18. The van der Waals surface area contributed by atoms with Gasteiger partial charge in [0.15, 0.2) is 5.78 Å². The highest BCUT2D eigenvalue weighted by Gasteiger charge is 2.13. The van der Waals surface area contributed by atoms with E-state index in [1.807, 2.05) is 13.8 Å². The van der Waals surface area contributed by atoms with Crippen molar-refractivity contribution in [1.29, 1.82) is 0 Å². The highest BCUT2D eigenvalue weighted by atomic mass is 79.9. The van der Waals surface area contributed by atoms with Crippen molar-refractivity contribution >= 4 is 44.7 Å². The number of hydrogen-bond acceptors (Lipinski definition) is 2. The molecule has 0 saturated heterocycles. The maximum atomic E-state index is 11.3. The van der Waals surface area contributed by atoms with Gasteiger partial charge in [-0.05, 0) is 19.1 Å². The number of rotatable bonds is 2. The topological polar surface area (TPSA) is 17.1 Å². The molecule has 1 unspecified atom stereocenters. The molecule has 4 heteroatoms. The molecule has 0 radical (unpaired) electrons. The first kappa shape index (κ1) is 13.1. The second-order valence-electron chi connectivity index (χ2n) is 2.08. The van der Waals surface area contributed by atoms with Gasteiger partial charge in [-0.25, -0.2) is 0 Å². The summed E-state index contributed by atoms with van der Waals surface area (Å²) in [5.41, 5.74) is 0. The van der Waals surface area contributed by atoms with Crippen molar-refractivity contribution in [3.63, 3.8) is 0 Å². The molecule has 1 aromatic rings. The zero-order valence-corrected chi connectivity index (χ0v) is 11.0. The van der Waals surface area contributed by atoms with Gasteiger partial charge in [0.1, 0.15) is 0 Å². The molecule has 1 rings (SSSR count). The predicted octanol–water partition coefficient (Wildman–Crippen LogP) is 4.39. The van der Waals surface area contributed by atoms with Crippen LogP contribution in [-0.4, -0.2) is 10.6 Å². The first-order chi connectivity index (χ1) is 6.11. The summed E-state index contributed by atoms with van der Waals surface area (Å²) in [6.45, 7) is 5.80. The lowest BCUT2D eigenvalue weighted by Crippen LogP contribution is -2.07. The Bertz CT molecular complexity index is 270. The van der Waals surface area contributed by atoms with Crippen LogP contribution in [0.5, 0.6) is 0 Å². The highest BCUT2D eigenvalue weighted by molar-refractivity contribution is 9.10. The summed E-state index contributed by atoms with van der Waals surface area (Å²) in [4.78, 5) is 11.8. The van der Waals surface area contributed by atoms with Crippen molar-refractivity contribution in [3.05, 3.63) is 21.3 Å². The van der Waals surface area contributed by atoms with Gasteiger partial charge < -0.3 is 0 Å². The molecule has 1 nitrogen and oxygen atoms in total. The molecule has 0 fully saturated rings. The van der Waals surface area contributed by atoms with Gasteiger partial charge in [0.25, 0.3) is 0 Å². The van der Waals surface area contributed by atoms with E-state index in [4.69, 9.17) is 11.6 Å². The SMILES string of the molecule is CC.CC(Br)C(=O)c1ccc(Cl)s1. The smallest absolute Gasteiger partial charge is 0.186 e. The third kappa shape index (κ3) is 4.25. The quantitative estimate of drug-likeness (QED) is 0.581. The van der Waals surface area contributed by atoms with E-state index in [2.05, 4.69) is 15.9 Å². The van der Waals surface area contributed by atoms with Crippen molar-refractivity contribution in [2.24, 2.45) is 0 Å². The van der Waals surface area contributed by atoms with Gasteiger partial charge in [-0.3, -0.25) is 4.79 Å². The maximum absolute atomic E-state index is 11.3. The summed E-state index contributed by atoms with van der Waals surface area (Å²) in [6, 6.07) is 3.47. The van der Waals surface area contributed by atoms with Crippen LogP contribution in [0.3, 0.4) is 0 Å². The summed E-state index contributed by atoms with van der Waals surface area (Å²) >= 11 is 10.2. The first-order valence-corrected chi connectivity index (χ1v) is 6.16. The number of Topliss-reactive ketones (excluding diaryl/α,β-unsaturated/α-hetero) is 1. The molecule has 1 atom stereocenters. The Labute approximate surface area is 96.2 Å². The second-order valence-corrected chi connectivity index (χ2v) is 5.17. The van der Waals surface area contributed by atoms with Gasteiger partial charge in [0.05, 0.1) is 14.0 Å². The van der Waals surface area contributed by atoms with E-state index in [-0.39, 0.29) is 10.6 Å². The van der Waals surface area contributed by atoms with Gasteiger partial charge in [-0.15, -0.1) is 11.3 Å². The van der Waals surface area contributed by atoms with Crippen LogP contribution in [0.25, 0.3) is 0 Å².